The van der Waals surface area contributed by atoms with E-state index in [1.54, 1.807) is 0 Å². The number of nitrogens with one attached hydrogen (secondary N) is 1. The Morgan fingerprint density at radius 1 is 1.38 bits per heavy atom. The summed E-state index contributed by atoms with van der Waals surface area (Å²) in [5, 5.41) is 3.03. The third-order valence-corrected chi connectivity index (χ3v) is 4.56. The van der Waals surface area contributed by atoms with Crippen LogP contribution in [0.25, 0.3) is 0 Å². The number of carbonyl (C=O) groups is 1. The molecule has 1 aliphatic rings. The van der Waals surface area contributed by atoms with Gasteiger partial charge < -0.3 is 11.1 Å². The standard InChI is InChI=1S/C16H25N3OS/c1-13(17)6-7-16(20)18-15-5-3-2-4-14(15)12-19-8-10-21-11-9-19/h2-5,13H,6-12,17H2,1H3,(H,18,20). The quantitative estimate of drug-likeness (QED) is 0.847. The lowest BCUT2D eigenvalue weighted by Crippen LogP contribution is -2.32. The van der Waals surface area contributed by atoms with E-state index in [9.17, 15) is 4.79 Å². The highest BCUT2D eigenvalue weighted by Crippen LogP contribution is 2.20. The number of amides is 1. The molecule has 1 aromatic carbocycles. The van der Waals surface area contributed by atoms with Gasteiger partial charge in [0.25, 0.3) is 0 Å². The lowest BCUT2D eigenvalue weighted by atomic mass is 10.1. The average molecular weight is 307 g/mol. The molecular formula is C16H25N3OS. The van der Waals surface area contributed by atoms with Gasteiger partial charge in [-0.05, 0) is 25.0 Å². The third-order valence-electron chi connectivity index (χ3n) is 3.62. The number of para-hydroxylation sites is 1. The van der Waals surface area contributed by atoms with Crippen molar-refractivity contribution in [3.8, 4) is 0 Å². The Morgan fingerprint density at radius 3 is 2.81 bits per heavy atom. The SMILES string of the molecule is CC(N)CCC(=O)Nc1ccccc1CN1CCSCC1. The van der Waals surface area contributed by atoms with Crippen molar-refractivity contribution < 1.29 is 4.79 Å². The van der Waals surface area contributed by atoms with Gasteiger partial charge >= 0.3 is 0 Å². The fourth-order valence-corrected chi connectivity index (χ4v) is 3.33. The molecule has 1 fully saturated rings. The van der Waals surface area contributed by atoms with Crippen LogP contribution in [0.1, 0.15) is 25.3 Å². The molecule has 1 heterocycles. The zero-order valence-corrected chi connectivity index (χ0v) is 13.5. The van der Waals surface area contributed by atoms with Crippen LogP contribution in [0.15, 0.2) is 24.3 Å². The highest BCUT2D eigenvalue weighted by atomic mass is 32.2. The molecule has 1 unspecified atom stereocenters. The fraction of sp³-hybridized carbons (Fsp3) is 0.562. The zero-order valence-electron chi connectivity index (χ0n) is 12.7. The van der Waals surface area contributed by atoms with Gasteiger partial charge in [0.2, 0.25) is 5.91 Å². The molecule has 1 aromatic rings. The smallest absolute Gasteiger partial charge is 0.224 e. The van der Waals surface area contributed by atoms with Crippen molar-refractivity contribution in [3.63, 3.8) is 0 Å². The van der Waals surface area contributed by atoms with E-state index in [1.165, 1.54) is 17.1 Å². The van der Waals surface area contributed by atoms with E-state index in [0.717, 1.165) is 31.7 Å². The summed E-state index contributed by atoms with van der Waals surface area (Å²) in [5.74, 6) is 2.44. The van der Waals surface area contributed by atoms with Gasteiger partial charge in [0.05, 0.1) is 0 Å². The molecule has 1 saturated heterocycles. The van der Waals surface area contributed by atoms with Crippen molar-refractivity contribution in [1.82, 2.24) is 4.90 Å². The van der Waals surface area contributed by atoms with Crippen molar-refractivity contribution in [1.29, 1.82) is 0 Å². The Bertz CT molecular complexity index is 459. The molecule has 2 rings (SSSR count). The van der Waals surface area contributed by atoms with Gasteiger partial charge in [0.1, 0.15) is 0 Å². The normalized spacial score (nSPS) is 17.4. The molecule has 0 radical (unpaired) electrons. The predicted octanol–water partition coefficient (Wildman–Crippen LogP) is 2.30. The molecule has 0 spiro atoms. The summed E-state index contributed by atoms with van der Waals surface area (Å²) in [5.41, 5.74) is 7.83. The van der Waals surface area contributed by atoms with Crippen LogP contribution in [0.4, 0.5) is 5.69 Å². The molecule has 116 valence electrons. The minimum Gasteiger partial charge on any atom is -0.328 e. The zero-order chi connectivity index (χ0) is 15.1. The second-order valence-electron chi connectivity index (χ2n) is 5.61. The summed E-state index contributed by atoms with van der Waals surface area (Å²) < 4.78 is 0. The number of nitrogens with zero attached hydrogens (tertiary/aromatic N) is 1. The first kappa shape index (κ1) is 16.3. The van der Waals surface area contributed by atoms with Gasteiger partial charge in [0, 0.05) is 49.3 Å². The summed E-state index contributed by atoms with van der Waals surface area (Å²) in [7, 11) is 0. The molecule has 21 heavy (non-hydrogen) atoms. The number of hydrogen-bond acceptors (Lipinski definition) is 4. The van der Waals surface area contributed by atoms with Crippen LogP contribution < -0.4 is 11.1 Å². The third kappa shape index (κ3) is 5.69. The number of nitrogens with two attached hydrogens (primary N) is 1. The summed E-state index contributed by atoms with van der Waals surface area (Å²) >= 11 is 2.01. The summed E-state index contributed by atoms with van der Waals surface area (Å²) in [4.78, 5) is 14.4. The molecule has 1 atom stereocenters. The number of hydrogen-bond donors (Lipinski definition) is 2. The van der Waals surface area contributed by atoms with Gasteiger partial charge in [-0.2, -0.15) is 11.8 Å². The van der Waals surface area contributed by atoms with Crippen molar-refractivity contribution in [2.24, 2.45) is 5.73 Å². The van der Waals surface area contributed by atoms with E-state index < -0.39 is 0 Å². The second-order valence-corrected chi connectivity index (χ2v) is 6.83. The van der Waals surface area contributed by atoms with Gasteiger partial charge in [0.15, 0.2) is 0 Å². The molecule has 0 aliphatic carbocycles. The minimum absolute atomic E-state index is 0.0500. The first-order chi connectivity index (χ1) is 10.1. The van der Waals surface area contributed by atoms with Crippen LogP contribution >= 0.6 is 11.8 Å². The summed E-state index contributed by atoms with van der Waals surface area (Å²) in [6.45, 7) is 5.08. The van der Waals surface area contributed by atoms with Crippen molar-refractivity contribution in [3.05, 3.63) is 29.8 Å². The Morgan fingerprint density at radius 2 is 2.10 bits per heavy atom. The second kappa shape index (κ2) is 8.41. The molecular weight excluding hydrogens is 282 g/mol. The van der Waals surface area contributed by atoms with Crippen molar-refractivity contribution >= 4 is 23.4 Å². The number of carbonyl (C=O) groups excluding carboxylic acids is 1. The maximum Gasteiger partial charge on any atom is 0.224 e. The Kier molecular flexibility index (Phi) is 6.54. The molecule has 0 saturated carbocycles. The molecule has 5 heteroatoms. The van der Waals surface area contributed by atoms with Crippen LogP contribution in [0.3, 0.4) is 0 Å². The van der Waals surface area contributed by atoms with Crippen molar-refractivity contribution in [2.75, 3.05) is 29.9 Å². The van der Waals surface area contributed by atoms with E-state index in [0.29, 0.717) is 6.42 Å². The van der Waals surface area contributed by atoms with E-state index in [4.69, 9.17) is 5.73 Å². The largest absolute Gasteiger partial charge is 0.328 e. The van der Waals surface area contributed by atoms with Gasteiger partial charge in [-0.25, -0.2) is 0 Å². The van der Waals surface area contributed by atoms with Crippen LogP contribution in [0, 0.1) is 0 Å². The van der Waals surface area contributed by atoms with Crippen LogP contribution in [0.5, 0.6) is 0 Å². The van der Waals surface area contributed by atoms with Gasteiger partial charge in [-0.15, -0.1) is 0 Å². The van der Waals surface area contributed by atoms with Gasteiger partial charge in [-0.3, -0.25) is 9.69 Å². The van der Waals surface area contributed by atoms with E-state index in [-0.39, 0.29) is 11.9 Å². The lowest BCUT2D eigenvalue weighted by molar-refractivity contribution is -0.116. The van der Waals surface area contributed by atoms with E-state index in [1.807, 2.05) is 36.9 Å². The topological polar surface area (TPSA) is 58.4 Å². The average Bonchev–Trinajstić information content (AvgIpc) is 2.48. The highest BCUT2D eigenvalue weighted by molar-refractivity contribution is 7.99. The van der Waals surface area contributed by atoms with Gasteiger partial charge in [-0.1, -0.05) is 18.2 Å². The molecule has 1 amide bonds. The monoisotopic (exact) mass is 307 g/mol. The minimum atomic E-state index is 0.0500. The number of rotatable bonds is 6. The molecule has 3 N–H and O–H groups in total. The molecule has 1 aliphatic heterocycles. The molecule has 0 aromatic heterocycles. The summed E-state index contributed by atoms with van der Waals surface area (Å²) in [6, 6.07) is 8.15. The van der Waals surface area contributed by atoms with Crippen LogP contribution in [0.2, 0.25) is 0 Å². The lowest BCUT2D eigenvalue weighted by Gasteiger charge is -2.27. The Labute approximate surface area is 131 Å². The first-order valence-corrected chi connectivity index (χ1v) is 8.74. The maximum atomic E-state index is 12.0. The Balaban J connectivity index is 1.94. The molecule has 0 bridgehead atoms. The van der Waals surface area contributed by atoms with Crippen molar-refractivity contribution in [2.45, 2.75) is 32.4 Å². The van der Waals surface area contributed by atoms with Crippen LogP contribution in [-0.4, -0.2) is 41.4 Å². The highest BCUT2D eigenvalue weighted by Gasteiger charge is 2.13. The predicted molar refractivity (Wildman–Crippen MR) is 90.6 cm³/mol. The van der Waals surface area contributed by atoms with Crippen LogP contribution in [-0.2, 0) is 11.3 Å². The fourth-order valence-electron chi connectivity index (χ4n) is 2.35. The van der Waals surface area contributed by atoms with E-state index in [2.05, 4.69) is 16.3 Å². The van der Waals surface area contributed by atoms with E-state index >= 15 is 0 Å². The Hall–Kier alpha value is -1.04. The number of thioether (sulfide) groups is 1. The molecule has 4 nitrogen and oxygen atoms in total. The maximum absolute atomic E-state index is 12.0. The summed E-state index contributed by atoms with van der Waals surface area (Å²) in [6.07, 6.45) is 1.20. The number of benzene rings is 1. The number of anilines is 1. The first-order valence-electron chi connectivity index (χ1n) is 7.58.